The van der Waals surface area contributed by atoms with Crippen LogP contribution in [0.1, 0.15) is 40.0 Å². The SMILES string of the molecule is CC1CC(C)CC(Nc2ccc3c(c2)NC(=O)C(C)O3)C1. The highest BCUT2D eigenvalue weighted by atomic mass is 16.5. The van der Waals surface area contributed by atoms with Crippen LogP contribution in [0, 0.1) is 11.8 Å². The fourth-order valence-electron chi connectivity index (χ4n) is 3.60. The van der Waals surface area contributed by atoms with Gasteiger partial charge in [0.1, 0.15) is 5.75 Å². The van der Waals surface area contributed by atoms with Crippen LogP contribution in [0.5, 0.6) is 5.75 Å². The molecule has 1 aromatic rings. The van der Waals surface area contributed by atoms with Gasteiger partial charge in [-0.05, 0) is 56.2 Å². The van der Waals surface area contributed by atoms with E-state index in [2.05, 4.69) is 24.5 Å². The van der Waals surface area contributed by atoms with Crippen LogP contribution in [0.25, 0.3) is 0 Å². The van der Waals surface area contributed by atoms with Crippen molar-refractivity contribution in [2.75, 3.05) is 10.6 Å². The Morgan fingerprint density at radius 1 is 1.14 bits per heavy atom. The molecule has 2 N–H and O–H groups in total. The minimum atomic E-state index is -0.420. The van der Waals surface area contributed by atoms with Crippen molar-refractivity contribution >= 4 is 17.3 Å². The summed E-state index contributed by atoms with van der Waals surface area (Å²) in [7, 11) is 0. The van der Waals surface area contributed by atoms with E-state index >= 15 is 0 Å². The van der Waals surface area contributed by atoms with Crippen LogP contribution in [-0.2, 0) is 4.79 Å². The van der Waals surface area contributed by atoms with Crippen molar-refractivity contribution in [3.63, 3.8) is 0 Å². The average Bonchev–Trinajstić information content (AvgIpc) is 2.39. The second-order valence-corrected chi connectivity index (χ2v) is 6.72. The molecule has 1 amide bonds. The number of hydrogen-bond donors (Lipinski definition) is 2. The van der Waals surface area contributed by atoms with Crippen LogP contribution in [0.15, 0.2) is 18.2 Å². The second kappa shape index (κ2) is 5.58. The molecule has 4 nitrogen and oxygen atoms in total. The molecule has 1 aliphatic heterocycles. The number of carbonyl (C=O) groups is 1. The van der Waals surface area contributed by atoms with Crippen molar-refractivity contribution in [1.82, 2.24) is 0 Å². The lowest BCUT2D eigenvalue weighted by molar-refractivity contribution is -0.122. The summed E-state index contributed by atoms with van der Waals surface area (Å²) in [6, 6.07) is 6.46. The van der Waals surface area contributed by atoms with E-state index in [4.69, 9.17) is 4.74 Å². The number of benzene rings is 1. The maximum absolute atomic E-state index is 11.7. The zero-order valence-corrected chi connectivity index (χ0v) is 13.0. The summed E-state index contributed by atoms with van der Waals surface area (Å²) in [5, 5.41) is 6.51. The lowest BCUT2D eigenvalue weighted by Crippen LogP contribution is -2.34. The Labute approximate surface area is 126 Å². The van der Waals surface area contributed by atoms with Crippen molar-refractivity contribution < 1.29 is 9.53 Å². The maximum Gasteiger partial charge on any atom is 0.265 e. The van der Waals surface area contributed by atoms with E-state index in [-0.39, 0.29) is 5.91 Å². The Balaban J connectivity index is 1.72. The fraction of sp³-hybridized carbons (Fsp3) is 0.588. The highest BCUT2D eigenvalue weighted by Gasteiger charge is 2.26. The predicted molar refractivity (Wildman–Crippen MR) is 84.8 cm³/mol. The minimum Gasteiger partial charge on any atom is -0.479 e. The van der Waals surface area contributed by atoms with Crippen LogP contribution in [-0.4, -0.2) is 18.1 Å². The van der Waals surface area contributed by atoms with E-state index < -0.39 is 6.10 Å². The third-order valence-corrected chi connectivity index (χ3v) is 4.46. The Morgan fingerprint density at radius 2 is 1.86 bits per heavy atom. The molecule has 3 atom stereocenters. The van der Waals surface area contributed by atoms with Gasteiger partial charge in [-0.15, -0.1) is 0 Å². The summed E-state index contributed by atoms with van der Waals surface area (Å²) < 4.78 is 5.58. The largest absolute Gasteiger partial charge is 0.479 e. The van der Waals surface area contributed by atoms with Gasteiger partial charge < -0.3 is 15.4 Å². The van der Waals surface area contributed by atoms with Gasteiger partial charge in [0.05, 0.1) is 5.69 Å². The van der Waals surface area contributed by atoms with Crippen molar-refractivity contribution in [2.24, 2.45) is 11.8 Å². The van der Waals surface area contributed by atoms with Crippen LogP contribution < -0.4 is 15.4 Å². The number of ether oxygens (including phenoxy) is 1. The number of rotatable bonds is 2. The van der Waals surface area contributed by atoms with Crippen molar-refractivity contribution in [3.8, 4) is 5.75 Å². The molecule has 0 saturated heterocycles. The van der Waals surface area contributed by atoms with Gasteiger partial charge in [-0.2, -0.15) is 0 Å². The van der Waals surface area contributed by atoms with Gasteiger partial charge in [0.25, 0.3) is 5.91 Å². The molecule has 114 valence electrons. The smallest absolute Gasteiger partial charge is 0.265 e. The van der Waals surface area contributed by atoms with Gasteiger partial charge in [0, 0.05) is 11.7 Å². The first-order chi connectivity index (χ1) is 10.0. The number of carbonyl (C=O) groups excluding carboxylic acids is 1. The number of fused-ring (bicyclic) bond motifs is 1. The molecule has 1 heterocycles. The Kier molecular flexibility index (Phi) is 3.79. The Bertz CT molecular complexity index is 534. The Morgan fingerprint density at radius 3 is 2.57 bits per heavy atom. The molecule has 3 unspecified atom stereocenters. The third-order valence-electron chi connectivity index (χ3n) is 4.46. The van der Waals surface area contributed by atoms with E-state index in [0.717, 1.165) is 29.0 Å². The van der Waals surface area contributed by atoms with Gasteiger partial charge in [0.2, 0.25) is 0 Å². The first kappa shape index (κ1) is 14.2. The predicted octanol–water partition coefficient (Wildman–Crippen LogP) is 3.64. The quantitative estimate of drug-likeness (QED) is 0.873. The average molecular weight is 288 g/mol. The van der Waals surface area contributed by atoms with E-state index in [0.29, 0.717) is 6.04 Å². The molecule has 1 saturated carbocycles. The number of nitrogens with one attached hydrogen (secondary N) is 2. The van der Waals surface area contributed by atoms with Crippen LogP contribution in [0.2, 0.25) is 0 Å². The van der Waals surface area contributed by atoms with Gasteiger partial charge in [0.15, 0.2) is 6.10 Å². The number of hydrogen-bond acceptors (Lipinski definition) is 3. The zero-order valence-electron chi connectivity index (χ0n) is 13.0. The number of anilines is 2. The van der Waals surface area contributed by atoms with E-state index in [1.54, 1.807) is 6.92 Å². The van der Waals surface area contributed by atoms with Gasteiger partial charge >= 0.3 is 0 Å². The molecule has 0 aromatic heterocycles. The molecule has 0 bridgehead atoms. The second-order valence-electron chi connectivity index (χ2n) is 6.72. The Hall–Kier alpha value is -1.71. The molecule has 21 heavy (non-hydrogen) atoms. The van der Waals surface area contributed by atoms with Crippen LogP contribution in [0.3, 0.4) is 0 Å². The molecule has 0 spiro atoms. The normalized spacial score (nSPS) is 31.9. The van der Waals surface area contributed by atoms with Gasteiger partial charge in [-0.25, -0.2) is 0 Å². The summed E-state index contributed by atoms with van der Waals surface area (Å²) in [6.07, 6.45) is 3.32. The molecule has 3 rings (SSSR count). The molecular formula is C17H24N2O2. The van der Waals surface area contributed by atoms with Crippen LogP contribution >= 0.6 is 0 Å². The molecule has 1 fully saturated rings. The molecule has 1 aliphatic carbocycles. The third kappa shape index (κ3) is 3.14. The highest BCUT2D eigenvalue weighted by Crippen LogP contribution is 2.34. The highest BCUT2D eigenvalue weighted by molar-refractivity contribution is 5.98. The fourth-order valence-corrected chi connectivity index (χ4v) is 3.60. The van der Waals surface area contributed by atoms with Crippen molar-refractivity contribution in [1.29, 1.82) is 0 Å². The first-order valence-electron chi connectivity index (χ1n) is 7.89. The van der Waals surface area contributed by atoms with E-state index in [1.807, 2.05) is 18.2 Å². The first-order valence-corrected chi connectivity index (χ1v) is 7.89. The van der Waals surface area contributed by atoms with Gasteiger partial charge in [-0.1, -0.05) is 13.8 Å². The summed E-state index contributed by atoms with van der Waals surface area (Å²) in [5.41, 5.74) is 1.82. The van der Waals surface area contributed by atoms with Crippen molar-refractivity contribution in [3.05, 3.63) is 18.2 Å². The van der Waals surface area contributed by atoms with E-state index in [1.165, 1.54) is 19.3 Å². The summed E-state index contributed by atoms with van der Waals surface area (Å²) >= 11 is 0. The standard InChI is InChI=1S/C17H24N2O2/c1-10-6-11(2)8-14(7-10)18-13-4-5-16-15(9-13)19-17(20)12(3)21-16/h4-5,9-12,14,18H,6-8H2,1-3H3,(H,19,20). The molecule has 0 radical (unpaired) electrons. The molecule has 2 aliphatic rings. The summed E-state index contributed by atoms with van der Waals surface area (Å²) in [6.45, 7) is 6.41. The summed E-state index contributed by atoms with van der Waals surface area (Å²) in [5.74, 6) is 2.21. The van der Waals surface area contributed by atoms with Crippen molar-refractivity contribution in [2.45, 2.75) is 52.2 Å². The maximum atomic E-state index is 11.7. The van der Waals surface area contributed by atoms with E-state index in [9.17, 15) is 4.79 Å². The molecule has 4 heteroatoms. The lowest BCUT2D eigenvalue weighted by Gasteiger charge is -2.33. The monoisotopic (exact) mass is 288 g/mol. The van der Waals surface area contributed by atoms with Gasteiger partial charge in [-0.3, -0.25) is 4.79 Å². The number of amides is 1. The molecular weight excluding hydrogens is 264 g/mol. The lowest BCUT2D eigenvalue weighted by atomic mass is 9.80. The zero-order chi connectivity index (χ0) is 15.0. The van der Waals surface area contributed by atoms with Crippen LogP contribution in [0.4, 0.5) is 11.4 Å². The topological polar surface area (TPSA) is 50.4 Å². The summed E-state index contributed by atoms with van der Waals surface area (Å²) in [4.78, 5) is 11.7. The minimum absolute atomic E-state index is 0.0837. The molecule has 1 aromatic carbocycles.